The third-order valence-corrected chi connectivity index (χ3v) is 7.66. The van der Waals surface area contributed by atoms with E-state index in [9.17, 15) is 9.59 Å². The molecule has 0 bridgehead atoms. The number of carbonyl (C=O) groups is 2. The van der Waals surface area contributed by atoms with Crippen LogP contribution in [0.15, 0.2) is 24.3 Å². The fourth-order valence-electron chi connectivity index (χ4n) is 4.94. The summed E-state index contributed by atoms with van der Waals surface area (Å²) in [7, 11) is 0. The van der Waals surface area contributed by atoms with Crippen molar-refractivity contribution in [3.63, 3.8) is 0 Å². The van der Waals surface area contributed by atoms with Crippen LogP contribution >= 0.6 is 11.8 Å². The number of urea groups is 1. The third kappa shape index (κ3) is 5.11. The number of rotatable bonds is 4. The summed E-state index contributed by atoms with van der Waals surface area (Å²) in [6.07, 6.45) is 4.80. The Balaban J connectivity index is 1.36. The zero-order valence-corrected chi connectivity index (χ0v) is 18.8. The van der Waals surface area contributed by atoms with Crippen molar-refractivity contribution in [1.29, 1.82) is 0 Å². The predicted octanol–water partition coefficient (Wildman–Crippen LogP) is 3.28. The Morgan fingerprint density at radius 3 is 2.20 bits per heavy atom. The average molecular weight is 431 g/mol. The van der Waals surface area contributed by atoms with Crippen molar-refractivity contribution in [3.05, 3.63) is 29.8 Å². The number of hydrogen-bond donors (Lipinski definition) is 1. The third-order valence-electron chi connectivity index (χ3n) is 6.72. The van der Waals surface area contributed by atoms with Gasteiger partial charge in [-0.15, -0.1) is 0 Å². The van der Waals surface area contributed by atoms with Gasteiger partial charge in [0.25, 0.3) is 0 Å². The van der Waals surface area contributed by atoms with E-state index in [2.05, 4.69) is 15.1 Å². The first-order chi connectivity index (χ1) is 14.6. The molecule has 164 valence electrons. The molecule has 1 aromatic carbocycles. The minimum Gasteiger partial charge on any atom is -0.340 e. The van der Waals surface area contributed by atoms with Gasteiger partial charge in [0.15, 0.2) is 0 Å². The van der Waals surface area contributed by atoms with Crippen LogP contribution in [0, 0.1) is 12.8 Å². The molecule has 2 saturated heterocycles. The summed E-state index contributed by atoms with van der Waals surface area (Å²) in [6, 6.07) is 7.84. The van der Waals surface area contributed by atoms with Gasteiger partial charge in [-0.05, 0) is 37.8 Å². The van der Waals surface area contributed by atoms with Crippen LogP contribution in [0.1, 0.15) is 31.2 Å². The molecule has 0 spiro atoms. The highest BCUT2D eigenvalue weighted by Crippen LogP contribution is 2.32. The molecule has 1 aromatic rings. The van der Waals surface area contributed by atoms with Gasteiger partial charge in [-0.3, -0.25) is 9.69 Å². The van der Waals surface area contributed by atoms with Crippen molar-refractivity contribution in [2.45, 2.75) is 38.6 Å². The van der Waals surface area contributed by atoms with E-state index < -0.39 is 0 Å². The molecule has 3 aliphatic rings. The van der Waals surface area contributed by atoms with E-state index >= 15 is 0 Å². The second kappa shape index (κ2) is 10.1. The number of anilines is 1. The van der Waals surface area contributed by atoms with Gasteiger partial charge in [-0.2, -0.15) is 11.8 Å². The number of nitrogens with zero attached hydrogens (tertiary/aromatic N) is 3. The summed E-state index contributed by atoms with van der Waals surface area (Å²) in [5, 5.41) is 3.00. The number of benzene rings is 1. The number of thioether (sulfide) groups is 1. The van der Waals surface area contributed by atoms with Crippen LogP contribution in [0.4, 0.5) is 10.5 Å². The normalized spacial score (nSPS) is 22.2. The first-order valence-electron chi connectivity index (χ1n) is 11.3. The molecule has 4 rings (SSSR count). The first kappa shape index (κ1) is 21.5. The van der Waals surface area contributed by atoms with E-state index in [1.165, 1.54) is 18.4 Å². The standard InChI is InChI=1S/C23H34N4O2S/c1-18-6-8-20(9-7-18)24-23(29)27-12-10-25(11-13-27)21(19-4-2-3-5-19)22(28)26-14-16-30-17-15-26/h6-9,19,21H,2-5,10-17H2,1H3,(H,24,29). The van der Waals surface area contributed by atoms with Gasteiger partial charge in [0.1, 0.15) is 0 Å². The lowest BCUT2D eigenvalue weighted by molar-refractivity contribution is -0.139. The second-order valence-electron chi connectivity index (χ2n) is 8.75. The number of aryl methyl sites for hydroxylation is 1. The highest BCUT2D eigenvalue weighted by atomic mass is 32.2. The molecule has 1 atom stereocenters. The van der Waals surface area contributed by atoms with Crippen molar-refractivity contribution in [1.82, 2.24) is 14.7 Å². The summed E-state index contributed by atoms with van der Waals surface area (Å²) in [4.78, 5) is 32.5. The molecule has 3 fully saturated rings. The molecule has 1 unspecified atom stereocenters. The smallest absolute Gasteiger partial charge is 0.321 e. The number of carbonyl (C=O) groups excluding carboxylic acids is 2. The van der Waals surface area contributed by atoms with E-state index in [1.807, 2.05) is 47.9 Å². The van der Waals surface area contributed by atoms with Crippen molar-refractivity contribution < 1.29 is 9.59 Å². The maximum Gasteiger partial charge on any atom is 0.321 e. The zero-order valence-electron chi connectivity index (χ0n) is 18.0. The molecule has 0 aromatic heterocycles. The predicted molar refractivity (Wildman–Crippen MR) is 123 cm³/mol. The molecule has 1 aliphatic carbocycles. The van der Waals surface area contributed by atoms with E-state index in [4.69, 9.17) is 0 Å². The molecule has 7 heteroatoms. The molecule has 30 heavy (non-hydrogen) atoms. The minimum atomic E-state index is -0.0460. The van der Waals surface area contributed by atoms with Gasteiger partial charge in [0, 0.05) is 56.5 Å². The van der Waals surface area contributed by atoms with Crippen LogP contribution in [-0.2, 0) is 4.79 Å². The maximum atomic E-state index is 13.5. The minimum absolute atomic E-state index is 0.00194. The summed E-state index contributed by atoms with van der Waals surface area (Å²) in [5.74, 6) is 2.91. The van der Waals surface area contributed by atoms with Crippen LogP contribution in [0.2, 0.25) is 0 Å². The van der Waals surface area contributed by atoms with Crippen LogP contribution in [0.3, 0.4) is 0 Å². The summed E-state index contributed by atoms with van der Waals surface area (Å²) >= 11 is 1.94. The van der Waals surface area contributed by atoms with Gasteiger partial charge in [-0.1, -0.05) is 30.5 Å². The molecule has 2 aliphatic heterocycles. The second-order valence-corrected chi connectivity index (χ2v) is 9.97. The average Bonchev–Trinajstić information content (AvgIpc) is 3.31. The monoisotopic (exact) mass is 430 g/mol. The van der Waals surface area contributed by atoms with Crippen molar-refractivity contribution in [2.24, 2.45) is 5.92 Å². The lowest BCUT2D eigenvalue weighted by atomic mass is 9.94. The van der Waals surface area contributed by atoms with Crippen molar-refractivity contribution in [3.8, 4) is 0 Å². The molecule has 1 saturated carbocycles. The lowest BCUT2D eigenvalue weighted by Gasteiger charge is -2.43. The van der Waals surface area contributed by atoms with E-state index in [-0.39, 0.29) is 12.1 Å². The Bertz CT molecular complexity index is 721. The number of amides is 3. The molecule has 0 radical (unpaired) electrons. The highest BCUT2D eigenvalue weighted by molar-refractivity contribution is 7.99. The van der Waals surface area contributed by atoms with Crippen LogP contribution in [0.25, 0.3) is 0 Å². The molecule has 1 N–H and O–H groups in total. The Labute approximate surface area is 184 Å². The van der Waals surface area contributed by atoms with Gasteiger partial charge in [-0.25, -0.2) is 4.79 Å². The fraction of sp³-hybridized carbons (Fsp3) is 0.652. The Morgan fingerprint density at radius 2 is 1.57 bits per heavy atom. The lowest BCUT2D eigenvalue weighted by Crippen LogP contribution is -2.59. The molecular weight excluding hydrogens is 396 g/mol. The van der Waals surface area contributed by atoms with Gasteiger partial charge < -0.3 is 15.1 Å². The van der Waals surface area contributed by atoms with E-state index in [0.717, 1.165) is 56.2 Å². The van der Waals surface area contributed by atoms with E-state index in [1.54, 1.807) is 0 Å². The fourth-order valence-corrected chi connectivity index (χ4v) is 5.85. The van der Waals surface area contributed by atoms with Crippen LogP contribution < -0.4 is 5.32 Å². The van der Waals surface area contributed by atoms with Crippen LogP contribution in [-0.4, -0.2) is 83.5 Å². The Kier molecular flexibility index (Phi) is 7.20. The molecular formula is C23H34N4O2S. The molecule has 6 nitrogen and oxygen atoms in total. The zero-order chi connectivity index (χ0) is 20.9. The SMILES string of the molecule is Cc1ccc(NC(=O)N2CCN(C(C(=O)N3CCSCC3)C3CCCC3)CC2)cc1. The highest BCUT2D eigenvalue weighted by Gasteiger charge is 2.39. The van der Waals surface area contributed by atoms with Gasteiger partial charge in [0.2, 0.25) is 5.91 Å². The maximum absolute atomic E-state index is 13.5. The van der Waals surface area contributed by atoms with E-state index in [0.29, 0.717) is 24.9 Å². The summed E-state index contributed by atoms with van der Waals surface area (Å²) in [6.45, 7) is 6.69. The molecule has 3 amide bonds. The summed E-state index contributed by atoms with van der Waals surface area (Å²) < 4.78 is 0. The quantitative estimate of drug-likeness (QED) is 0.797. The number of nitrogens with one attached hydrogen (secondary N) is 1. The summed E-state index contributed by atoms with van der Waals surface area (Å²) in [5.41, 5.74) is 2.01. The topological polar surface area (TPSA) is 55.9 Å². The Hall–Kier alpha value is -1.73. The van der Waals surface area contributed by atoms with Gasteiger partial charge >= 0.3 is 6.03 Å². The van der Waals surface area contributed by atoms with Crippen LogP contribution in [0.5, 0.6) is 0 Å². The molecule has 2 heterocycles. The van der Waals surface area contributed by atoms with Crippen molar-refractivity contribution in [2.75, 3.05) is 56.1 Å². The van der Waals surface area contributed by atoms with Gasteiger partial charge in [0.05, 0.1) is 6.04 Å². The number of hydrogen-bond acceptors (Lipinski definition) is 4. The first-order valence-corrected chi connectivity index (χ1v) is 12.5. The largest absolute Gasteiger partial charge is 0.340 e. The van der Waals surface area contributed by atoms with Crippen molar-refractivity contribution >= 4 is 29.4 Å². The number of piperazine rings is 1. The Morgan fingerprint density at radius 1 is 0.933 bits per heavy atom.